The molecule has 1 unspecified atom stereocenters. The van der Waals surface area contributed by atoms with Gasteiger partial charge in [0.2, 0.25) is 0 Å². The van der Waals surface area contributed by atoms with E-state index in [1.165, 1.54) is 18.2 Å². The first-order chi connectivity index (χ1) is 8.95. The molecular weight excluding hydrogens is 316 g/mol. The Hall–Kier alpha value is -1.47. The van der Waals surface area contributed by atoms with E-state index in [1.54, 1.807) is 0 Å². The van der Waals surface area contributed by atoms with E-state index in [0.29, 0.717) is 10.9 Å². The Labute approximate surface area is 119 Å². The van der Waals surface area contributed by atoms with Gasteiger partial charge in [-0.15, -0.1) is 0 Å². The molecule has 0 fully saturated rings. The van der Waals surface area contributed by atoms with E-state index in [1.807, 2.05) is 6.92 Å². The van der Waals surface area contributed by atoms with E-state index < -0.39 is 16.9 Å². The summed E-state index contributed by atoms with van der Waals surface area (Å²) in [6.07, 6.45) is 0.820. The van der Waals surface area contributed by atoms with Gasteiger partial charge in [0.1, 0.15) is 0 Å². The first-order valence-electron chi connectivity index (χ1n) is 5.86. The van der Waals surface area contributed by atoms with Crippen LogP contribution in [0.3, 0.4) is 0 Å². The molecular formula is C12H15BrN2O4. The summed E-state index contributed by atoms with van der Waals surface area (Å²) in [7, 11) is 0. The van der Waals surface area contributed by atoms with Crippen LogP contribution in [0, 0.1) is 10.1 Å². The molecule has 0 bridgehead atoms. The number of hydrogen-bond acceptors (Lipinski definition) is 4. The number of nitrogens with zero attached hydrogens (tertiary/aromatic N) is 1. The molecule has 0 aromatic heterocycles. The third kappa shape index (κ3) is 4.60. The van der Waals surface area contributed by atoms with E-state index in [9.17, 15) is 20.0 Å². The first-order valence-corrected chi connectivity index (χ1v) is 6.65. The quantitative estimate of drug-likeness (QED) is 0.618. The molecule has 0 heterocycles. The molecule has 0 saturated carbocycles. The number of carbonyl (C=O) groups is 1. The number of nitro benzene ring substituents is 1. The Morgan fingerprint density at radius 1 is 1.58 bits per heavy atom. The monoisotopic (exact) mass is 330 g/mol. The van der Waals surface area contributed by atoms with E-state index in [0.717, 1.165) is 6.42 Å². The lowest BCUT2D eigenvalue weighted by molar-refractivity contribution is -0.385. The van der Waals surface area contributed by atoms with Gasteiger partial charge in [0.15, 0.2) is 0 Å². The number of carbonyl (C=O) groups excluding carboxylic acids is 1. The highest BCUT2D eigenvalue weighted by atomic mass is 79.9. The molecule has 0 aliphatic carbocycles. The van der Waals surface area contributed by atoms with E-state index in [2.05, 4.69) is 21.2 Å². The number of nitro groups is 1. The van der Waals surface area contributed by atoms with Crippen LogP contribution in [0.5, 0.6) is 0 Å². The van der Waals surface area contributed by atoms with Crippen molar-refractivity contribution in [2.75, 3.05) is 6.54 Å². The molecule has 7 heteroatoms. The molecule has 1 aromatic rings. The second-order valence-electron chi connectivity index (χ2n) is 4.08. The van der Waals surface area contributed by atoms with E-state index >= 15 is 0 Å². The van der Waals surface area contributed by atoms with Crippen LogP contribution in [0.2, 0.25) is 0 Å². The van der Waals surface area contributed by atoms with Crippen molar-refractivity contribution in [2.24, 2.45) is 0 Å². The lowest BCUT2D eigenvalue weighted by Crippen LogP contribution is -2.32. The van der Waals surface area contributed by atoms with Gasteiger partial charge in [-0.25, -0.2) is 0 Å². The third-order valence-electron chi connectivity index (χ3n) is 2.53. The maximum Gasteiger partial charge on any atom is 0.284 e. The highest BCUT2D eigenvalue weighted by Gasteiger charge is 2.16. The topological polar surface area (TPSA) is 92.5 Å². The summed E-state index contributed by atoms with van der Waals surface area (Å²) in [5.41, 5.74) is 0.0281. The van der Waals surface area contributed by atoms with Crippen molar-refractivity contribution in [1.82, 2.24) is 5.32 Å². The Morgan fingerprint density at radius 3 is 2.84 bits per heavy atom. The molecule has 104 valence electrons. The van der Waals surface area contributed by atoms with Gasteiger partial charge >= 0.3 is 0 Å². The van der Waals surface area contributed by atoms with Crippen LogP contribution >= 0.6 is 15.9 Å². The average Bonchev–Trinajstić information content (AvgIpc) is 2.36. The normalized spacial score (nSPS) is 11.9. The summed E-state index contributed by atoms with van der Waals surface area (Å²) in [5.74, 6) is -0.439. The Kier molecular flexibility index (Phi) is 5.91. The number of aliphatic hydroxyl groups excluding tert-OH is 1. The molecule has 1 amide bonds. The van der Waals surface area contributed by atoms with Crippen LogP contribution in [-0.4, -0.2) is 28.6 Å². The van der Waals surface area contributed by atoms with Crippen molar-refractivity contribution in [1.29, 1.82) is 0 Å². The Balaban J connectivity index is 2.72. The molecule has 1 atom stereocenters. The third-order valence-corrected chi connectivity index (χ3v) is 3.20. The van der Waals surface area contributed by atoms with Crippen LogP contribution in [0.15, 0.2) is 22.7 Å². The molecule has 2 N–H and O–H groups in total. The van der Waals surface area contributed by atoms with Gasteiger partial charge in [0.05, 0.1) is 15.5 Å². The smallest absolute Gasteiger partial charge is 0.284 e. The highest BCUT2D eigenvalue weighted by molar-refractivity contribution is 9.10. The van der Waals surface area contributed by atoms with Crippen molar-refractivity contribution < 1.29 is 14.8 Å². The number of nitrogens with one attached hydrogen (secondary N) is 1. The average molecular weight is 331 g/mol. The standard InChI is InChI=1S/C12H15BrN2O4/c1-2-3-9(16)7-14-12(17)8-4-5-10(13)11(6-8)15(18)19/h4-6,9,16H,2-3,7H2,1H3,(H,14,17). The molecule has 0 saturated heterocycles. The molecule has 1 aromatic carbocycles. The van der Waals surface area contributed by atoms with Gasteiger partial charge in [-0.05, 0) is 34.5 Å². The van der Waals surface area contributed by atoms with E-state index in [-0.39, 0.29) is 17.8 Å². The molecule has 0 aliphatic rings. The summed E-state index contributed by atoms with van der Waals surface area (Å²) >= 11 is 3.05. The van der Waals surface area contributed by atoms with Gasteiger partial charge < -0.3 is 10.4 Å². The molecule has 1 rings (SSSR count). The van der Waals surface area contributed by atoms with Crippen LogP contribution in [0.1, 0.15) is 30.1 Å². The molecule has 19 heavy (non-hydrogen) atoms. The summed E-state index contributed by atoms with van der Waals surface area (Å²) in [5, 5.41) is 22.8. The van der Waals surface area contributed by atoms with Crippen molar-refractivity contribution in [3.63, 3.8) is 0 Å². The zero-order chi connectivity index (χ0) is 14.4. The fraction of sp³-hybridized carbons (Fsp3) is 0.417. The fourth-order valence-electron chi connectivity index (χ4n) is 1.54. The molecule has 0 radical (unpaired) electrons. The van der Waals surface area contributed by atoms with Gasteiger partial charge in [-0.2, -0.15) is 0 Å². The number of amides is 1. The minimum atomic E-state index is -0.598. The largest absolute Gasteiger partial charge is 0.391 e. The predicted octanol–water partition coefficient (Wildman–Crippen LogP) is 2.25. The maximum atomic E-state index is 11.8. The molecule has 0 aliphatic heterocycles. The van der Waals surface area contributed by atoms with Gasteiger partial charge in [0, 0.05) is 18.2 Å². The zero-order valence-electron chi connectivity index (χ0n) is 10.4. The lowest BCUT2D eigenvalue weighted by Gasteiger charge is -2.10. The fourth-order valence-corrected chi connectivity index (χ4v) is 1.93. The van der Waals surface area contributed by atoms with Gasteiger partial charge in [-0.3, -0.25) is 14.9 Å². The van der Waals surface area contributed by atoms with Crippen molar-refractivity contribution in [3.05, 3.63) is 38.3 Å². The first kappa shape index (κ1) is 15.6. The summed E-state index contributed by atoms with van der Waals surface area (Å²) in [6, 6.07) is 4.14. The SMILES string of the molecule is CCCC(O)CNC(=O)c1ccc(Br)c([N+](=O)[O-])c1. The van der Waals surface area contributed by atoms with Gasteiger partial charge in [0.25, 0.3) is 11.6 Å². The van der Waals surface area contributed by atoms with Crippen molar-refractivity contribution in [3.8, 4) is 0 Å². The number of benzene rings is 1. The summed E-state index contributed by atoms with van der Waals surface area (Å²) < 4.78 is 0.320. The predicted molar refractivity (Wildman–Crippen MR) is 74.0 cm³/mol. The van der Waals surface area contributed by atoms with Gasteiger partial charge in [-0.1, -0.05) is 13.3 Å². The Bertz CT molecular complexity index is 479. The second-order valence-corrected chi connectivity index (χ2v) is 4.93. The summed E-state index contributed by atoms with van der Waals surface area (Å²) in [6.45, 7) is 2.07. The van der Waals surface area contributed by atoms with E-state index in [4.69, 9.17) is 0 Å². The highest BCUT2D eigenvalue weighted by Crippen LogP contribution is 2.25. The van der Waals surface area contributed by atoms with Crippen LogP contribution in [-0.2, 0) is 0 Å². The zero-order valence-corrected chi connectivity index (χ0v) is 12.0. The number of hydrogen-bond donors (Lipinski definition) is 2. The maximum absolute atomic E-state index is 11.8. The van der Waals surface area contributed by atoms with Crippen molar-refractivity contribution >= 4 is 27.5 Å². The van der Waals surface area contributed by atoms with Crippen molar-refractivity contribution in [2.45, 2.75) is 25.9 Å². The van der Waals surface area contributed by atoms with Crippen LogP contribution in [0.25, 0.3) is 0 Å². The Morgan fingerprint density at radius 2 is 2.26 bits per heavy atom. The minimum absolute atomic E-state index is 0.135. The molecule has 0 spiro atoms. The lowest BCUT2D eigenvalue weighted by atomic mass is 10.1. The number of halogens is 1. The second kappa shape index (κ2) is 7.20. The molecule has 6 nitrogen and oxygen atoms in total. The van der Waals surface area contributed by atoms with Crippen LogP contribution in [0.4, 0.5) is 5.69 Å². The van der Waals surface area contributed by atoms with Crippen LogP contribution < -0.4 is 5.32 Å². The number of aliphatic hydroxyl groups is 1. The number of rotatable bonds is 6. The minimum Gasteiger partial charge on any atom is -0.391 e. The summed E-state index contributed by atoms with van der Waals surface area (Å²) in [4.78, 5) is 22.0.